The molecule has 6 nitrogen and oxygen atoms in total. The van der Waals surface area contributed by atoms with Gasteiger partial charge < -0.3 is 5.32 Å². The lowest BCUT2D eigenvalue weighted by molar-refractivity contribution is 0.617. The Labute approximate surface area is 107 Å². The number of rotatable bonds is 5. The lowest BCUT2D eigenvalue weighted by atomic mass is 10.4. The van der Waals surface area contributed by atoms with Gasteiger partial charge in [0.25, 0.3) is 0 Å². The van der Waals surface area contributed by atoms with Crippen molar-refractivity contribution in [3.63, 3.8) is 0 Å². The third-order valence-corrected chi connectivity index (χ3v) is 3.20. The molecule has 96 valence electrons. The van der Waals surface area contributed by atoms with Gasteiger partial charge in [0.2, 0.25) is 5.95 Å². The highest BCUT2D eigenvalue weighted by Gasteiger charge is 2.06. The molecular weight excluding hydrogens is 255 g/mol. The smallest absolute Gasteiger partial charge is 0.239 e. The molecule has 0 saturated carbocycles. The third kappa shape index (κ3) is 3.11. The quantitative estimate of drug-likeness (QED) is 0.560. The summed E-state index contributed by atoms with van der Waals surface area (Å²) in [6.45, 7) is 2.49. The van der Waals surface area contributed by atoms with Crippen LogP contribution in [0.4, 0.5) is 16.2 Å². The fourth-order valence-electron chi connectivity index (χ4n) is 1.37. The van der Waals surface area contributed by atoms with Crippen LogP contribution in [0, 0.1) is 12.7 Å². The molecule has 2 aromatic rings. The lowest BCUT2D eigenvalue weighted by Crippen LogP contribution is -2.14. The average Bonchev–Trinajstić information content (AvgIpc) is 2.77. The van der Waals surface area contributed by atoms with Crippen LogP contribution in [0.5, 0.6) is 0 Å². The Kier molecular flexibility index (Phi) is 4.00. The number of nitrogen functional groups attached to an aromatic ring is 1. The Morgan fingerprint density at radius 3 is 2.94 bits per heavy atom. The molecule has 0 bridgehead atoms. The second kappa shape index (κ2) is 5.69. The number of hydrazine groups is 1. The summed E-state index contributed by atoms with van der Waals surface area (Å²) >= 11 is 1.59. The maximum atomic E-state index is 13.4. The SMILES string of the molecule is Cc1csc(CCNc2nc(NN)ncc2F)n1. The number of hydrogen-bond donors (Lipinski definition) is 3. The molecule has 0 spiro atoms. The van der Waals surface area contributed by atoms with Crippen molar-refractivity contribution in [2.24, 2.45) is 5.84 Å². The van der Waals surface area contributed by atoms with Gasteiger partial charge in [-0.25, -0.2) is 20.2 Å². The van der Waals surface area contributed by atoms with E-state index in [2.05, 4.69) is 25.7 Å². The standard InChI is InChI=1S/C10H13FN6S/c1-6-5-18-8(15-6)2-3-13-9-7(11)4-14-10(16-9)17-12/h4-5H,2-3,12H2,1H3,(H2,13,14,16,17). The van der Waals surface area contributed by atoms with Gasteiger partial charge in [-0.05, 0) is 6.92 Å². The number of nitrogens with two attached hydrogens (primary N) is 1. The van der Waals surface area contributed by atoms with E-state index in [1.54, 1.807) is 11.3 Å². The monoisotopic (exact) mass is 268 g/mol. The van der Waals surface area contributed by atoms with E-state index in [1.165, 1.54) is 0 Å². The molecule has 0 fully saturated rings. The van der Waals surface area contributed by atoms with E-state index < -0.39 is 5.82 Å². The molecule has 2 rings (SSSR count). The fraction of sp³-hybridized carbons (Fsp3) is 0.300. The highest BCUT2D eigenvalue weighted by molar-refractivity contribution is 7.09. The normalized spacial score (nSPS) is 10.4. The zero-order valence-electron chi connectivity index (χ0n) is 9.77. The minimum absolute atomic E-state index is 0.131. The molecule has 0 saturated heterocycles. The highest BCUT2D eigenvalue weighted by atomic mass is 32.1. The average molecular weight is 268 g/mol. The summed E-state index contributed by atoms with van der Waals surface area (Å²) in [5.74, 6) is 4.95. The number of nitrogens with one attached hydrogen (secondary N) is 2. The summed E-state index contributed by atoms with van der Waals surface area (Å²) in [6.07, 6.45) is 1.78. The van der Waals surface area contributed by atoms with Crippen molar-refractivity contribution >= 4 is 23.1 Å². The molecule has 0 aromatic carbocycles. The lowest BCUT2D eigenvalue weighted by Gasteiger charge is -2.06. The molecule has 0 aliphatic carbocycles. The second-order valence-corrected chi connectivity index (χ2v) is 4.54. The molecule has 0 aliphatic rings. The number of aryl methyl sites for hydroxylation is 1. The summed E-state index contributed by atoms with van der Waals surface area (Å²) < 4.78 is 13.4. The third-order valence-electron chi connectivity index (χ3n) is 2.17. The topological polar surface area (TPSA) is 88.8 Å². The number of aromatic nitrogens is 3. The van der Waals surface area contributed by atoms with Crippen LogP contribution in [0.2, 0.25) is 0 Å². The van der Waals surface area contributed by atoms with Crippen molar-refractivity contribution in [2.75, 3.05) is 17.3 Å². The summed E-state index contributed by atoms with van der Waals surface area (Å²) in [5.41, 5.74) is 3.26. The van der Waals surface area contributed by atoms with Crippen LogP contribution in [0.1, 0.15) is 10.7 Å². The number of halogens is 1. The van der Waals surface area contributed by atoms with Gasteiger partial charge in [-0.15, -0.1) is 11.3 Å². The molecule has 0 radical (unpaired) electrons. The maximum Gasteiger partial charge on any atom is 0.239 e. The molecule has 4 N–H and O–H groups in total. The van der Waals surface area contributed by atoms with Crippen molar-refractivity contribution in [3.05, 3.63) is 28.1 Å². The predicted octanol–water partition coefficient (Wildman–Crippen LogP) is 1.32. The van der Waals surface area contributed by atoms with E-state index in [0.29, 0.717) is 13.0 Å². The Bertz CT molecular complexity index is 529. The van der Waals surface area contributed by atoms with Gasteiger partial charge in [0.05, 0.1) is 11.2 Å². The van der Waals surface area contributed by atoms with Crippen molar-refractivity contribution in [3.8, 4) is 0 Å². The summed E-state index contributed by atoms with van der Waals surface area (Å²) in [7, 11) is 0. The fourth-order valence-corrected chi connectivity index (χ4v) is 2.14. The van der Waals surface area contributed by atoms with Crippen LogP contribution in [0.15, 0.2) is 11.6 Å². The first-order chi connectivity index (χ1) is 8.69. The summed E-state index contributed by atoms with van der Waals surface area (Å²) in [4.78, 5) is 11.8. The maximum absolute atomic E-state index is 13.4. The van der Waals surface area contributed by atoms with Gasteiger partial charge in [-0.1, -0.05) is 0 Å². The largest absolute Gasteiger partial charge is 0.367 e. The molecule has 2 aromatic heterocycles. The summed E-state index contributed by atoms with van der Waals surface area (Å²) in [6, 6.07) is 0. The van der Waals surface area contributed by atoms with Gasteiger partial charge in [0, 0.05) is 24.0 Å². The van der Waals surface area contributed by atoms with Crippen molar-refractivity contribution < 1.29 is 4.39 Å². The molecule has 0 amide bonds. The highest BCUT2D eigenvalue weighted by Crippen LogP contribution is 2.13. The summed E-state index contributed by atoms with van der Waals surface area (Å²) in [5, 5.41) is 5.88. The van der Waals surface area contributed by atoms with Gasteiger partial charge in [0.15, 0.2) is 11.6 Å². The molecule has 2 heterocycles. The first kappa shape index (κ1) is 12.7. The van der Waals surface area contributed by atoms with Crippen LogP contribution >= 0.6 is 11.3 Å². The van der Waals surface area contributed by atoms with E-state index in [1.807, 2.05) is 12.3 Å². The van der Waals surface area contributed by atoms with E-state index in [4.69, 9.17) is 5.84 Å². The molecule has 8 heteroatoms. The van der Waals surface area contributed by atoms with Crippen LogP contribution in [-0.2, 0) is 6.42 Å². The van der Waals surface area contributed by atoms with Gasteiger partial charge >= 0.3 is 0 Å². The van der Waals surface area contributed by atoms with E-state index >= 15 is 0 Å². The molecular formula is C10H13FN6S. The molecule has 0 aliphatic heterocycles. The first-order valence-electron chi connectivity index (χ1n) is 5.33. The number of nitrogens with zero attached hydrogens (tertiary/aromatic N) is 3. The van der Waals surface area contributed by atoms with E-state index in [0.717, 1.165) is 16.9 Å². The Morgan fingerprint density at radius 1 is 1.44 bits per heavy atom. The molecule has 0 atom stereocenters. The van der Waals surface area contributed by atoms with Crippen molar-refractivity contribution in [2.45, 2.75) is 13.3 Å². The van der Waals surface area contributed by atoms with Crippen LogP contribution in [0.3, 0.4) is 0 Å². The van der Waals surface area contributed by atoms with Crippen molar-refractivity contribution in [1.82, 2.24) is 15.0 Å². The van der Waals surface area contributed by atoms with Crippen LogP contribution in [0.25, 0.3) is 0 Å². The Hall–Kier alpha value is -1.80. The van der Waals surface area contributed by atoms with Gasteiger partial charge in [-0.2, -0.15) is 4.98 Å². The predicted molar refractivity (Wildman–Crippen MR) is 68.8 cm³/mol. The van der Waals surface area contributed by atoms with Crippen LogP contribution < -0.4 is 16.6 Å². The van der Waals surface area contributed by atoms with Crippen LogP contribution in [-0.4, -0.2) is 21.5 Å². The Morgan fingerprint density at radius 2 is 2.28 bits per heavy atom. The zero-order valence-corrected chi connectivity index (χ0v) is 10.6. The van der Waals surface area contributed by atoms with Crippen molar-refractivity contribution in [1.29, 1.82) is 0 Å². The minimum atomic E-state index is -0.510. The minimum Gasteiger partial charge on any atom is -0.367 e. The molecule has 0 unspecified atom stereocenters. The zero-order chi connectivity index (χ0) is 13.0. The van der Waals surface area contributed by atoms with E-state index in [9.17, 15) is 4.39 Å². The Balaban J connectivity index is 1.93. The van der Waals surface area contributed by atoms with Gasteiger partial charge in [-0.3, -0.25) is 5.43 Å². The second-order valence-electron chi connectivity index (χ2n) is 3.59. The first-order valence-corrected chi connectivity index (χ1v) is 6.21. The van der Waals surface area contributed by atoms with Gasteiger partial charge in [0.1, 0.15) is 0 Å². The number of thiazole rings is 1. The van der Waals surface area contributed by atoms with E-state index in [-0.39, 0.29) is 11.8 Å². The number of hydrogen-bond acceptors (Lipinski definition) is 7. The molecule has 18 heavy (non-hydrogen) atoms. The number of anilines is 2.